The number of hydrogen-bond acceptors (Lipinski definition) is 4. The van der Waals surface area contributed by atoms with E-state index in [1.54, 1.807) is 27.1 Å². The van der Waals surface area contributed by atoms with Crippen LogP contribution in [0.25, 0.3) is 0 Å². The monoisotopic (exact) mass is 314 g/mol. The summed E-state index contributed by atoms with van der Waals surface area (Å²) in [7, 11) is 3.40. The quantitative estimate of drug-likeness (QED) is 0.759. The maximum absolute atomic E-state index is 11.6. The number of rotatable bonds is 8. The van der Waals surface area contributed by atoms with E-state index < -0.39 is 6.10 Å². The van der Waals surface area contributed by atoms with Crippen molar-refractivity contribution >= 4 is 17.5 Å². The van der Waals surface area contributed by atoms with Gasteiger partial charge in [0.25, 0.3) is 0 Å². The highest BCUT2D eigenvalue weighted by Crippen LogP contribution is 2.15. The molecule has 5 nitrogen and oxygen atoms in total. The Hall–Kier alpha value is -1.14. The largest absolute Gasteiger partial charge is 0.389 e. The summed E-state index contributed by atoms with van der Waals surface area (Å²) < 4.78 is 5.43. The standard InChI is InChI=1S/C15H23ClN2O3/c1-11(15(20)18(2)3)17-8-13(19)10-21-9-12-6-4-5-7-14(12)16/h4-7,11,13,17,19H,8-10H2,1-3H3. The van der Waals surface area contributed by atoms with Crippen LogP contribution in [-0.4, -0.2) is 55.3 Å². The highest BCUT2D eigenvalue weighted by molar-refractivity contribution is 6.31. The third-order valence-corrected chi connectivity index (χ3v) is 3.37. The van der Waals surface area contributed by atoms with Gasteiger partial charge in [-0.1, -0.05) is 29.8 Å². The molecule has 1 amide bonds. The zero-order valence-corrected chi connectivity index (χ0v) is 13.4. The molecule has 0 bridgehead atoms. The summed E-state index contributed by atoms with van der Waals surface area (Å²) in [5.74, 6) is -0.0285. The lowest BCUT2D eigenvalue weighted by molar-refractivity contribution is -0.130. The number of hydrogen-bond donors (Lipinski definition) is 2. The predicted octanol–water partition coefficient (Wildman–Crippen LogP) is 1.28. The average molecular weight is 315 g/mol. The molecule has 2 unspecified atom stereocenters. The molecule has 0 aromatic heterocycles. The predicted molar refractivity (Wildman–Crippen MR) is 83.3 cm³/mol. The van der Waals surface area contributed by atoms with E-state index in [0.717, 1.165) is 5.56 Å². The summed E-state index contributed by atoms with van der Waals surface area (Å²) in [6.45, 7) is 2.59. The van der Waals surface area contributed by atoms with Gasteiger partial charge in [0.05, 0.1) is 25.4 Å². The Morgan fingerprint density at radius 1 is 1.43 bits per heavy atom. The fourth-order valence-corrected chi connectivity index (χ4v) is 1.96. The normalized spacial score (nSPS) is 13.8. The molecule has 0 aliphatic rings. The molecule has 2 N–H and O–H groups in total. The third-order valence-electron chi connectivity index (χ3n) is 3.00. The summed E-state index contributed by atoms with van der Waals surface area (Å²) in [5, 5.41) is 13.4. The van der Waals surface area contributed by atoms with E-state index in [1.807, 2.05) is 18.2 Å². The average Bonchev–Trinajstić information content (AvgIpc) is 2.45. The van der Waals surface area contributed by atoms with Crippen molar-refractivity contribution in [2.45, 2.75) is 25.7 Å². The lowest BCUT2D eigenvalue weighted by atomic mass is 10.2. The number of likely N-dealkylation sites (N-methyl/N-ethyl adjacent to an activating group) is 1. The Morgan fingerprint density at radius 2 is 2.10 bits per heavy atom. The SMILES string of the molecule is CC(NCC(O)COCc1ccccc1Cl)C(=O)N(C)C. The Balaban J connectivity index is 2.24. The molecular weight excluding hydrogens is 292 g/mol. The smallest absolute Gasteiger partial charge is 0.238 e. The zero-order chi connectivity index (χ0) is 15.8. The second kappa shape index (κ2) is 9.00. The van der Waals surface area contributed by atoms with E-state index in [1.165, 1.54) is 4.90 Å². The number of aliphatic hydroxyl groups excluding tert-OH is 1. The summed E-state index contributed by atoms with van der Waals surface area (Å²) in [4.78, 5) is 13.1. The number of aliphatic hydroxyl groups is 1. The molecule has 1 aromatic carbocycles. The third kappa shape index (κ3) is 6.44. The second-order valence-corrected chi connectivity index (χ2v) is 5.53. The number of halogens is 1. The van der Waals surface area contributed by atoms with E-state index in [-0.39, 0.29) is 18.6 Å². The van der Waals surface area contributed by atoms with Crippen molar-refractivity contribution in [3.8, 4) is 0 Å². The van der Waals surface area contributed by atoms with Crippen LogP contribution in [0.15, 0.2) is 24.3 Å². The van der Waals surface area contributed by atoms with Gasteiger partial charge in [0.2, 0.25) is 5.91 Å². The Kier molecular flexibility index (Phi) is 7.67. The summed E-state index contributed by atoms with van der Waals surface area (Å²) in [5.41, 5.74) is 0.885. The number of ether oxygens (including phenoxy) is 1. The molecule has 118 valence electrons. The second-order valence-electron chi connectivity index (χ2n) is 5.12. The maximum Gasteiger partial charge on any atom is 0.238 e. The van der Waals surface area contributed by atoms with Gasteiger partial charge in [-0.05, 0) is 18.6 Å². The first-order valence-electron chi connectivity index (χ1n) is 6.85. The van der Waals surface area contributed by atoms with Gasteiger partial charge in [-0.3, -0.25) is 4.79 Å². The minimum Gasteiger partial charge on any atom is -0.389 e. The van der Waals surface area contributed by atoms with Gasteiger partial charge in [0.15, 0.2) is 0 Å². The van der Waals surface area contributed by atoms with E-state index in [9.17, 15) is 9.90 Å². The van der Waals surface area contributed by atoms with Crippen molar-refractivity contribution in [2.24, 2.45) is 0 Å². The topological polar surface area (TPSA) is 61.8 Å². The van der Waals surface area contributed by atoms with Crippen LogP contribution in [0.4, 0.5) is 0 Å². The Morgan fingerprint density at radius 3 is 2.71 bits per heavy atom. The lowest BCUT2D eigenvalue weighted by Crippen LogP contribution is -2.44. The van der Waals surface area contributed by atoms with Crippen LogP contribution in [0.2, 0.25) is 5.02 Å². The van der Waals surface area contributed by atoms with Crippen LogP contribution in [-0.2, 0) is 16.1 Å². The van der Waals surface area contributed by atoms with Crippen molar-refractivity contribution in [1.82, 2.24) is 10.2 Å². The molecule has 1 rings (SSSR count). The fourth-order valence-electron chi connectivity index (χ4n) is 1.77. The zero-order valence-electron chi connectivity index (χ0n) is 12.7. The first kappa shape index (κ1) is 17.9. The fraction of sp³-hybridized carbons (Fsp3) is 0.533. The van der Waals surface area contributed by atoms with Crippen LogP contribution in [0.1, 0.15) is 12.5 Å². The maximum atomic E-state index is 11.6. The number of nitrogens with one attached hydrogen (secondary N) is 1. The Labute approximate surface area is 130 Å². The molecule has 0 heterocycles. The van der Waals surface area contributed by atoms with Crippen molar-refractivity contribution in [1.29, 1.82) is 0 Å². The molecule has 2 atom stereocenters. The van der Waals surface area contributed by atoms with Gasteiger partial charge in [0.1, 0.15) is 0 Å². The molecule has 0 radical (unpaired) electrons. The van der Waals surface area contributed by atoms with Crippen LogP contribution < -0.4 is 5.32 Å². The first-order chi connectivity index (χ1) is 9.91. The molecular formula is C15H23ClN2O3. The number of carbonyl (C=O) groups excluding carboxylic acids is 1. The number of nitrogens with zero attached hydrogens (tertiary/aromatic N) is 1. The summed E-state index contributed by atoms with van der Waals surface area (Å²) in [6, 6.07) is 7.08. The molecule has 0 fully saturated rings. The molecule has 0 saturated heterocycles. The van der Waals surface area contributed by atoms with Crippen LogP contribution in [0.3, 0.4) is 0 Å². The van der Waals surface area contributed by atoms with Gasteiger partial charge in [-0.15, -0.1) is 0 Å². The lowest BCUT2D eigenvalue weighted by Gasteiger charge is -2.20. The molecule has 6 heteroatoms. The molecule has 0 spiro atoms. The van der Waals surface area contributed by atoms with Gasteiger partial charge < -0.3 is 20.1 Å². The van der Waals surface area contributed by atoms with Crippen molar-refractivity contribution < 1.29 is 14.6 Å². The van der Waals surface area contributed by atoms with Gasteiger partial charge in [0, 0.05) is 25.7 Å². The van der Waals surface area contributed by atoms with E-state index >= 15 is 0 Å². The molecule has 0 saturated carbocycles. The van der Waals surface area contributed by atoms with Crippen LogP contribution >= 0.6 is 11.6 Å². The van der Waals surface area contributed by atoms with Gasteiger partial charge >= 0.3 is 0 Å². The van der Waals surface area contributed by atoms with E-state index in [2.05, 4.69) is 5.32 Å². The molecule has 0 aliphatic heterocycles. The highest BCUT2D eigenvalue weighted by Gasteiger charge is 2.15. The van der Waals surface area contributed by atoms with Crippen molar-refractivity contribution in [2.75, 3.05) is 27.2 Å². The highest BCUT2D eigenvalue weighted by atomic mass is 35.5. The van der Waals surface area contributed by atoms with Crippen molar-refractivity contribution in [3.05, 3.63) is 34.9 Å². The van der Waals surface area contributed by atoms with Gasteiger partial charge in [-0.25, -0.2) is 0 Å². The molecule has 0 aliphatic carbocycles. The van der Waals surface area contributed by atoms with Crippen LogP contribution in [0.5, 0.6) is 0 Å². The summed E-state index contributed by atoms with van der Waals surface area (Å²) in [6.07, 6.45) is -0.676. The summed E-state index contributed by atoms with van der Waals surface area (Å²) >= 11 is 6.01. The number of benzene rings is 1. The minimum atomic E-state index is -0.676. The van der Waals surface area contributed by atoms with E-state index in [4.69, 9.17) is 16.3 Å². The van der Waals surface area contributed by atoms with Crippen molar-refractivity contribution in [3.63, 3.8) is 0 Å². The number of amides is 1. The minimum absolute atomic E-state index is 0.0285. The Bertz CT molecular complexity index is 454. The van der Waals surface area contributed by atoms with Crippen LogP contribution in [0, 0.1) is 0 Å². The first-order valence-corrected chi connectivity index (χ1v) is 7.23. The van der Waals surface area contributed by atoms with E-state index in [0.29, 0.717) is 18.2 Å². The number of carbonyl (C=O) groups is 1. The molecule has 21 heavy (non-hydrogen) atoms. The van der Waals surface area contributed by atoms with Gasteiger partial charge in [-0.2, -0.15) is 0 Å². The molecule has 1 aromatic rings.